The lowest BCUT2D eigenvalue weighted by Crippen LogP contribution is -2.31. The molecular weight excluding hydrogens is 260 g/mol. The van der Waals surface area contributed by atoms with E-state index in [0.29, 0.717) is 5.25 Å². The summed E-state index contributed by atoms with van der Waals surface area (Å²) in [6, 6.07) is 7.99. The minimum Gasteiger partial charge on any atom is -0.384 e. The molecule has 1 aliphatic heterocycles. The van der Waals surface area contributed by atoms with E-state index in [4.69, 9.17) is 0 Å². The molecule has 1 aliphatic rings. The average Bonchev–Trinajstić information content (AvgIpc) is 2.49. The number of halogens is 1. The first-order valence-corrected chi connectivity index (χ1v) is 6.57. The number of benzene rings is 1. The van der Waals surface area contributed by atoms with E-state index >= 15 is 0 Å². The van der Waals surface area contributed by atoms with Crippen molar-refractivity contribution >= 4 is 27.7 Å². The molecule has 1 heterocycles. The molecule has 1 nitrogen and oxygen atoms in total. The number of aliphatic hydroxyl groups is 1. The van der Waals surface area contributed by atoms with E-state index in [0.717, 1.165) is 22.2 Å². The molecular formula is C11H13BrOS. The Kier molecular flexibility index (Phi) is 2.91. The summed E-state index contributed by atoms with van der Waals surface area (Å²) in [4.78, 5) is 0. The smallest absolute Gasteiger partial charge is 0.102 e. The molecule has 0 amide bonds. The van der Waals surface area contributed by atoms with E-state index in [2.05, 4.69) is 22.9 Å². The Labute approximate surface area is 97.0 Å². The Hall–Kier alpha value is 0.01000. The van der Waals surface area contributed by atoms with Crippen LogP contribution in [-0.4, -0.2) is 16.1 Å². The summed E-state index contributed by atoms with van der Waals surface area (Å²) in [5.41, 5.74) is 0.420. The largest absolute Gasteiger partial charge is 0.384 e. The van der Waals surface area contributed by atoms with Gasteiger partial charge in [0.15, 0.2) is 0 Å². The quantitative estimate of drug-likeness (QED) is 0.848. The standard InChI is InChI=1S/C11H13BrOS/c1-8-11(13,6-7-14-8)9-2-4-10(12)5-3-9/h2-5,8,13H,6-7H2,1H3/t8-,11+/m0/s1. The maximum absolute atomic E-state index is 10.5. The van der Waals surface area contributed by atoms with E-state index in [1.54, 1.807) is 0 Å². The molecule has 1 N–H and O–H groups in total. The molecule has 0 unspecified atom stereocenters. The minimum absolute atomic E-state index is 0.295. The van der Waals surface area contributed by atoms with Gasteiger partial charge in [-0.15, -0.1) is 0 Å². The monoisotopic (exact) mass is 272 g/mol. The van der Waals surface area contributed by atoms with Crippen LogP contribution in [0, 0.1) is 0 Å². The Balaban J connectivity index is 2.34. The molecule has 1 aromatic carbocycles. The third-order valence-electron chi connectivity index (χ3n) is 2.87. The lowest BCUT2D eigenvalue weighted by Gasteiger charge is -2.27. The van der Waals surface area contributed by atoms with Crippen molar-refractivity contribution in [3.8, 4) is 0 Å². The highest BCUT2D eigenvalue weighted by Crippen LogP contribution is 2.43. The zero-order chi connectivity index (χ0) is 10.2. The highest BCUT2D eigenvalue weighted by Gasteiger charge is 2.40. The van der Waals surface area contributed by atoms with Crippen molar-refractivity contribution in [1.82, 2.24) is 0 Å². The minimum atomic E-state index is -0.620. The molecule has 1 saturated heterocycles. The van der Waals surface area contributed by atoms with Crippen molar-refractivity contribution in [2.24, 2.45) is 0 Å². The first-order valence-electron chi connectivity index (χ1n) is 4.73. The molecule has 14 heavy (non-hydrogen) atoms. The van der Waals surface area contributed by atoms with Crippen LogP contribution in [0.25, 0.3) is 0 Å². The zero-order valence-corrected chi connectivity index (χ0v) is 10.4. The van der Waals surface area contributed by atoms with Gasteiger partial charge in [-0.3, -0.25) is 0 Å². The van der Waals surface area contributed by atoms with Crippen LogP contribution in [0.5, 0.6) is 0 Å². The summed E-state index contributed by atoms with van der Waals surface area (Å²) in [5, 5.41) is 10.8. The lowest BCUT2D eigenvalue weighted by molar-refractivity contribution is 0.0427. The van der Waals surface area contributed by atoms with Crippen LogP contribution in [0.2, 0.25) is 0 Å². The molecule has 1 fully saturated rings. The first kappa shape index (κ1) is 10.5. The summed E-state index contributed by atoms with van der Waals surface area (Å²) in [6.45, 7) is 2.10. The maximum Gasteiger partial charge on any atom is 0.102 e. The van der Waals surface area contributed by atoms with Gasteiger partial charge in [-0.1, -0.05) is 35.0 Å². The van der Waals surface area contributed by atoms with Gasteiger partial charge in [-0.2, -0.15) is 11.8 Å². The molecule has 3 heteroatoms. The highest BCUT2D eigenvalue weighted by molar-refractivity contribution is 9.10. The molecule has 0 aromatic heterocycles. The maximum atomic E-state index is 10.5. The van der Waals surface area contributed by atoms with Gasteiger partial charge in [-0.05, 0) is 29.9 Å². The van der Waals surface area contributed by atoms with Crippen molar-refractivity contribution in [1.29, 1.82) is 0 Å². The number of hydrogen-bond acceptors (Lipinski definition) is 2. The topological polar surface area (TPSA) is 20.2 Å². The predicted octanol–water partition coefficient (Wildman–Crippen LogP) is 3.16. The van der Waals surface area contributed by atoms with Gasteiger partial charge in [0.25, 0.3) is 0 Å². The van der Waals surface area contributed by atoms with Crippen molar-refractivity contribution in [2.75, 3.05) is 5.75 Å². The van der Waals surface area contributed by atoms with Gasteiger partial charge >= 0.3 is 0 Å². The van der Waals surface area contributed by atoms with Gasteiger partial charge in [0, 0.05) is 9.72 Å². The van der Waals surface area contributed by atoms with E-state index < -0.39 is 5.60 Å². The molecule has 0 saturated carbocycles. The number of hydrogen-bond donors (Lipinski definition) is 1. The van der Waals surface area contributed by atoms with Crippen LogP contribution in [0.15, 0.2) is 28.7 Å². The molecule has 76 valence electrons. The van der Waals surface area contributed by atoms with Gasteiger partial charge in [0.2, 0.25) is 0 Å². The van der Waals surface area contributed by atoms with Gasteiger partial charge < -0.3 is 5.11 Å². The second kappa shape index (κ2) is 3.87. The Morgan fingerprint density at radius 1 is 1.43 bits per heavy atom. The summed E-state index contributed by atoms with van der Waals surface area (Å²) >= 11 is 5.24. The van der Waals surface area contributed by atoms with Crippen LogP contribution in [0.3, 0.4) is 0 Å². The van der Waals surface area contributed by atoms with Crippen molar-refractivity contribution < 1.29 is 5.11 Å². The molecule has 0 radical (unpaired) electrons. The Morgan fingerprint density at radius 3 is 2.57 bits per heavy atom. The third kappa shape index (κ3) is 1.73. The van der Waals surface area contributed by atoms with Crippen LogP contribution < -0.4 is 0 Å². The molecule has 0 aliphatic carbocycles. The first-order chi connectivity index (χ1) is 6.63. The SMILES string of the molecule is C[C@@H]1SCC[C@]1(O)c1ccc(Br)cc1. The van der Waals surface area contributed by atoms with E-state index in [9.17, 15) is 5.11 Å². The lowest BCUT2D eigenvalue weighted by atomic mass is 9.89. The van der Waals surface area contributed by atoms with Crippen molar-refractivity contribution in [3.05, 3.63) is 34.3 Å². The second-order valence-electron chi connectivity index (χ2n) is 3.69. The zero-order valence-electron chi connectivity index (χ0n) is 8.03. The van der Waals surface area contributed by atoms with Crippen LogP contribution in [-0.2, 0) is 5.60 Å². The molecule has 1 aromatic rings. The fourth-order valence-corrected chi connectivity index (χ4v) is 3.43. The van der Waals surface area contributed by atoms with Crippen LogP contribution in [0.4, 0.5) is 0 Å². The van der Waals surface area contributed by atoms with Crippen molar-refractivity contribution in [2.45, 2.75) is 24.2 Å². The van der Waals surface area contributed by atoms with Gasteiger partial charge in [0.1, 0.15) is 5.60 Å². The average molecular weight is 273 g/mol. The summed E-state index contributed by atoms with van der Waals surface area (Å²) in [6.07, 6.45) is 0.862. The molecule has 2 rings (SSSR count). The molecule has 0 spiro atoms. The second-order valence-corrected chi connectivity index (χ2v) is 6.06. The summed E-state index contributed by atoms with van der Waals surface area (Å²) in [5.74, 6) is 1.05. The molecule has 2 atom stereocenters. The van der Waals surface area contributed by atoms with Gasteiger partial charge in [-0.25, -0.2) is 0 Å². The normalized spacial score (nSPS) is 32.1. The Morgan fingerprint density at radius 2 is 2.07 bits per heavy atom. The van der Waals surface area contributed by atoms with Crippen LogP contribution in [0.1, 0.15) is 18.9 Å². The number of thioether (sulfide) groups is 1. The summed E-state index contributed by atoms with van der Waals surface area (Å²) in [7, 11) is 0. The summed E-state index contributed by atoms with van der Waals surface area (Å²) < 4.78 is 1.06. The van der Waals surface area contributed by atoms with E-state index in [1.807, 2.05) is 36.0 Å². The van der Waals surface area contributed by atoms with Gasteiger partial charge in [0.05, 0.1) is 0 Å². The molecule has 0 bridgehead atoms. The van der Waals surface area contributed by atoms with Crippen molar-refractivity contribution in [3.63, 3.8) is 0 Å². The Bertz CT molecular complexity index is 325. The van der Waals surface area contributed by atoms with Crippen LogP contribution >= 0.6 is 27.7 Å². The predicted molar refractivity (Wildman–Crippen MR) is 64.6 cm³/mol. The van der Waals surface area contributed by atoms with E-state index in [1.165, 1.54) is 0 Å². The third-order valence-corrected chi connectivity index (χ3v) is 4.73. The number of rotatable bonds is 1. The highest BCUT2D eigenvalue weighted by atomic mass is 79.9. The fraction of sp³-hybridized carbons (Fsp3) is 0.455. The van der Waals surface area contributed by atoms with E-state index in [-0.39, 0.29) is 0 Å². The fourth-order valence-electron chi connectivity index (χ4n) is 1.85.